The van der Waals surface area contributed by atoms with Gasteiger partial charge in [-0.25, -0.2) is 8.42 Å². The second kappa shape index (κ2) is 10.6. The average molecular weight is 549 g/mol. The van der Waals surface area contributed by atoms with Gasteiger partial charge in [0.2, 0.25) is 11.0 Å². The van der Waals surface area contributed by atoms with E-state index in [9.17, 15) is 26.4 Å². The van der Waals surface area contributed by atoms with Crippen molar-refractivity contribution >= 4 is 38.1 Å². The summed E-state index contributed by atoms with van der Waals surface area (Å²) in [5.74, 6) is -0.162. The SMILES string of the molecule is COc1ccc(-c2nnc(NC(=O)CN(c3cccc(C(F)(F)F)c3)S(=O)(=O)c3ccccc3)s2)cc1. The summed E-state index contributed by atoms with van der Waals surface area (Å²) in [7, 11) is -2.85. The maximum absolute atomic E-state index is 13.4. The van der Waals surface area contributed by atoms with Crippen LogP contribution in [0, 0.1) is 0 Å². The zero-order valence-corrected chi connectivity index (χ0v) is 20.8. The molecular formula is C24H19F3N4O4S2. The summed E-state index contributed by atoms with van der Waals surface area (Å²) in [5, 5.41) is 11.0. The third kappa shape index (κ3) is 6.06. The molecular weight excluding hydrogens is 529 g/mol. The molecule has 0 spiro atoms. The van der Waals surface area contributed by atoms with Crippen LogP contribution in [0.4, 0.5) is 24.0 Å². The fraction of sp³-hybridized carbons (Fsp3) is 0.125. The summed E-state index contributed by atoms with van der Waals surface area (Å²) in [5.41, 5.74) is -0.645. The molecule has 0 fully saturated rings. The van der Waals surface area contributed by atoms with E-state index in [0.717, 1.165) is 29.0 Å². The van der Waals surface area contributed by atoms with Gasteiger partial charge in [0.05, 0.1) is 23.3 Å². The number of halogens is 3. The molecule has 37 heavy (non-hydrogen) atoms. The van der Waals surface area contributed by atoms with Gasteiger partial charge in [-0.1, -0.05) is 35.6 Å². The summed E-state index contributed by atoms with van der Waals surface area (Å²) in [6.07, 6.45) is -4.70. The highest BCUT2D eigenvalue weighted by Crippen LogP contribution is 2.33. The Hall–Kier alpha value is -3.97. The number of nitrogens with one attached hydrogen (secondary N) is 1. The zero-order valence-electron chi connectivity index (χ0n) is 19.1. The lowest BCUT2D eigenvalue weighted by atomic mass is 10.2. The van der Waals surface area contributed by atoms with Gasteiger partial charge < -0.3 is 4.74 Å². The van der Waals surface area contributed by atoms with Crippen molar-refractivity contribution in [3.05, 3.63) is 84.4 Å². The predicted molar refractivity (Wildman–Crippen MR) is 133 cm³/mol. The third-order valence-electron chi connectivity index (χ3n) is 5.09. The number of hydrogen-bond donors (Lipinski definition) is 1. The highest BCUT2D eigenvalue weighted by Gasteiger charge is 2.33. The number of hydrogen-bond acceptors (Lipinski definition) is 7. The molecule has 4 rings (SSSR count). The summed E-state index contributed by atoms with van der Waals surface area (Å²) in [6, 6.07) is 17.9. The average Bonchev–Trinajstić information content (AvgIpc) is 3.35. The van der Waals surface area contributed by atoms with Gasteiger partial charge in [-0.2, -0.15) is 13.2 Å². The largest absolute Gasteiger partial charge is 0.497 e. The highest BCUT2D eigenvalue weighted by atomic mass is 32.2. The minimum atomic E-state index is -4.70. The Morgan fingerprint density at radius 3 is 2.35 bits per heavy atom. The minimum absolute atomic E-state index is 0.0944. The number of ether oxygens (including phenoxy) is 1. The normalized spacial score (nSPS) is 11.7. The van der Waals surface area contributed by atoms with E-state index in [2.05, 4.69) is 15.5 Å². The molecule has 0 aliphatic carbocycles. The first kappa shape index (κ1) is 26.1. The van der Waals surface area contributed by atoms with Crippen LogP contribution in [0.1, 0.15) is 5.56 Å². The molecule has 4 aromatic rings. The van der Waals surface area contributed by atoms with Crippen LogP contribution >= 0.6 is 11.3 Å². The van der Waals surface area contributed by atoms with Gasteiger partial charge in [0.15, 0.2) is 0 Å². The summed E-state index contributed by atoms with van der Waals surface area (Å²) in [6.45, 7) is -0.796. The number of aromatic nitrogens is 2. The molecule has 0 radical (unpaired) electrons. The first-order chi connectivity index (χ1) is 17.6. The number of alkyl halides is 3. The van der Waals surface area contributed by atoms with Crippen LogP contribution in [0.3, 0.4) is 0 Å². The number of carbonyl (C=O) groups is 1. The van der Waals surface area contributed by atoms with Crippen molar-refractivity contribution in [1.29, 1.82) is 0 Å². The molecule has 8 nitrogen and oxygen atoms in total. The lowest BCUT2D eigenvalue weighted by molar-refractivity contribution is -0.137. The Morgan fingerprint density at radius 2 is 1.70 bits per heavy atom. The van der Waals surface area contributed by atoms with Crippen LogP contribution in [0.5, 0.6) is 5.75 Å². The van der Waals surface area contributed by atoms with Crippen molar-refractivity contribution in [2.24, 2.45) is 0 Å². The number of nitrogens with zero attached hydrogens (tertiary/aromatic N) is 3. The summed E-state index contributed by atoms with van der Waals surface area (Å²) in [4.78, 5) is 12.7. The first-order valence-corrected chi connectivity index (χ1v) is 12.9. The van der Waals surface area contributed by atoms with Gasteiger partial charge in [0.1, 0.15) is 17.3 Å². The Balaban J connectivity index is 1.61. The molecule has 0 atom stereocenters. The molecule has 13 heteroatoms. The molecule has 1 amide bonds. The van der Waals surface area contributed by atoms with Gasteiger partial charge in [0, 0.05) is 5.56 Å². The van der Waals surface area contributed by atoms with E-state index in [1.165, 1.54) is 37.4 Å². The van der Waals surface area contributed by atoms with E-state index in [1.807, 2.05) is 0 Å². The molecule has 0 aliphatic heterocycles. The number of carbonyl (C=O) groups excluding carboxylic acids is 1. The topological polar surface area (TPSA) is 101 Å². The van der Waals surface area contributed by atoms with E-state index in [1.54, 1.807) is 30.3 Å². The standard InChI is InChI=1S/C24H19F3N4O4S2/c1-35-19-12-10-16(11-13-19)22-29-30-23(36-22)28-21(32)15-31(37(33,34)20-8-3-2-4-9-20)18-7-5-6-17(14-18)24(25,26)27/h2-14H,15H2,1H3,(H,28,30,32). The van der Waals surface area contributed by atoms with Crippen LogP contribution in [0.15, 0.2) is 83.8 Å². The van der Waals surface area contributed by atoms with Crippen molar-refractivity contribution in [2.75, 3.05) is 23.3 Å². The second-order valence-corrected chi connectivity index (χ2v) is 10.4. The maximum atomic E-state index is 13.4. The first-order valence-electron chi connectivity index (χ1n) is 10.6. The van der Waals surface area contributed by atoms with Gasteiger partial charge in [-0.3, -0.25) is 14.4 Å². The molecule has 1 N–H and O–H groups in total. The number of anilines is 2. The van der Waals surface area contributed by atoms with Gasteiger partial charge in [0.25, 0.3) is 10.0 Å². The Labute approximate surface area is 214 Å². The van der Waals surface area contributed by atoms with Crippen molar-refractivity contribution in [3.63, 3.8) is 0 Å². The van der Waals surface area contributed by atoms with Crippen LogP contribution in [-0.2, 0) is 21.0 Å². The third-order valence-corrected chi connectivity index (χ3v) is 7.76. The monoisotopic (exact) mass is 548 g/mol. The number of benzene rings is 3. The molecule has 3 aromatic carbocycles. The lowest BCUT2D eigenvalue weighted by Crippen LogP contribution is -2.38. The van der Waals surface area contributed by atoms with Gasteiger partial charge >= 0.3 is 6.18 Å². The van der Waals surface area contributed by atoms with E-state index >= 15 is 0 Å². The number of rotatable bonds is 8. The van der Waals surface area contributed by atoms with E-state index in [4.69, 9.17) is 4.74 Å². The fourth-order valence-electron chi connectivity index (χ4n) is 3.29. The smallest absolute Gasteiger partial charge is 0.416 e. The van der Waals surface area contributed by atoms with E-state index in [0.29, 0.717) is 21.1 Å². The van der Waals surface area contributed by atoms with Crippen molar-refractivity contribution < 1.29 is 31.1 Å². The van der Waals surface area contributed by atoms with Crippen molar-refractivity contribution in [1.82, 2.24) is 10.2 Å². The lowest BCUT2D eigenvalue weighted by Gasteiger charge is -2.24. The predicted octanol–water partition coefficient (Wildman–Crippen LogP) is 5.07. The van der Waals surface area contributed by atoms with Crippen LogP contribution in [-0.4, -0.2) is 38.2 Å². The Bertz CT molecular complexity index is 1490. The quantitative estimate of drug-likeness (QED) is 0.330. The number of methoxy groups -OCH3 is 1. The van der Waals surface area contributed by atoms with E-state index in [-0.39, 0.29) is 15.7 Å². The second-order valence-electron chi connectivity index (χ2n) is 7.56. The maximum Gasteiger partial charge on any atom is 0.416 e. The molecule has 1 heterocycles. The molecule has 0 aliphatic rings. The number of amides is 1. The molecule has 1 aromatic heterocycles. The fourth-order valence-corrected chi connectivity index (χ4v) is 5.48. The number of sulfonamides is 1. The molecule has 0 bridgehead atoms. The zero-order chi connectivity index (χ0) is 26.6. The molecule has 0 saturated carbocycles. The summed E-state index contributed by atoms with van der Waals surface area (Å²) >= 11 is 1.05. The van der Waals surface area contributed by atoms with Crippen LogP contribution in [0.2, 0.25) is 0 Å². The van der Waals surface area contributed by atoms with Crippen molar-refractivity contribution in [3.8, 4) is 16.3 Å². The highest BCUT2D eigenvalue weighted by molar-refractivity contribution is 7.92. The molecule has 0 saturated heterocycles. The van der Waals surface area contributed by atoms with Crippen LogP contribution in [0.25, 0.3) is 10.6 Å². The molecule has 192 valence electrons. The Morgan fingerprint density at radius 1 is 1.00 bits per heavy atom. The van der Waals surface area contributed by atoms with Crippen molar-refractivity contribution in [2.45, 2.75) is 11.1 Å². The minimum Gasteiger partial charge on any atom is -0.497 e. The molecule has 0 unspecified atom stereocenters. The van der Waals surface area contributed by atoms with Gasteiger partial charge in [-0.05, 0) is 54.6 Å². The van der Waals surface area contributed by atoms with Crippen LogP contribution < -0.4 is 14.4 Å². The summed E-state index contributed by atoms with van der Waals surface area (Å²) < 4.78 is 72.4. The Kier molecular flexibility index (Phi) is 7.45. The van der Waals surface area contributed by atoms with Gasteiger partial charge in [-0.15, -0.1) is 10.2 Å². The van der Waals surface area contributed by atoms with E-state index < -0.39 is 34.2 Å².